The fourth-order valence-electron chi connectivity index (χ4n) is 3.37. The number of primary amides is 1. The number of carbonyl (C=O) groups excluding carboxylic acids is 1. The van der Waals surface area contributed by atoms with Gasteiger partial charge < -0.3 is 15.0 Å². The smallest absolute Gasteiger partial charge is 0.323 e. The first-order chi connectivity index (χ1) is 15.0. The Balaban J connectivity index is 1.51. The summed E-state index contributed by atoms with van der Waals surface area (Å²) in [7, 11) is 1.89. The van der Waals surface area contributed by atoms with Crippen molar-refractivity contribution in [3.05, 3.63) is 65.5 Å². The van der Waals surface area contributed by atoms with Gasteiger partial charge in [0.05, 0.1) is 37.6 Å². The maximum Gasteiger partial charge on any atom is 0.323 e. The highest BCUT2D eigenvalue weighted by Gasteiger charge is 2.20. The van der Waals surface area contributed by atoms with Gasteiger partial charge in [-0.2, -0.15) is 4.98 Å². The van der Waals surface area contributed by atoms with Crippen LogP contribution < -0.4 is 15.4 Å². The van der Waals surface area contributed by atoms with Crippen LogP contribution in [-0.4, -0.2) is 25.6 Å². The van der Waals surface area contributed by atoms with Crippen molar-refractivity contribution in [2.45, 2.75) is 0 Å². The van der Waals surface area contributed by atoms with Crippen molar-refractivity contribution in [1.29, 1.82) is 0 Å². The van der Waals surface area contributed by atoms with Crippen molar-refractivity contribution >= 4 is 61.6 Å². The number of aryl methyl sites for hydroxylation is 1. The summed E-state index contributed by atoms with van der Waals surface area (Å²) in [5.74, 6) is 0.876. The van der Waals surface area contributed by atoms with E-state index in [1.54, 1.807) is 29.8 Å². The molecule has 154 valence electrons. The maximum absolute atomic E-state index is 12.3. The Bertz CT molecular complexity index is 1450. The second kappa shape index (κ2) is 7.53. The molecule has 2 N–H and O–H groups in total. The summed E-state index contributed by atoms with van der Waals surface area (Å²) in [6.07, 6.45) is 3.32. The highest BCUT2D eigenvalue weighted by molar-refractivity contribution is 7.16. The highest BCUT2D eigenvalue weighted by atomic mass is 35.5. The van der Waals surface area contributed by atoms with Gasteiger partial charge in [-0.15, -0.1) is 11.3 Å². The van der Waals surface area contributed by atoms with Crippen LogP contribution in [0.2, 0.25) is 5.02 Å². The van der Waals surface area contributed by atoms with E-state index in [9.17, 15) is 4.79 Å². The molecule has 0 aliphatic rings. The van der Waals surface area contributed by atoms with Crippen LogP contribution in [0.4, 0.5) is 16.2 Å². The zero-order valence-corrected chi connectivity index (χ0v) is 17.8. The molecule has 0 fully saturated rings. The van der Waals surface area contributed by atoms with E-state index < -0.39 is 6.03 Å². The molecule has 8 nitrogen and oxygen atoms in total. The van der Waals surface area contributed by atoms with Crippen LogP contribution in [0.15, 0.2) is 60.5 Å². The Kier molecular flexibility index (Phi) is 4.68. The van der Waals surface area contributed by atoms with Crippen LogP contribution in [0, 0.1) is 0 Å². The first-order valence-electron chi connectivity index (χ1n) is 9.17. The molecular formula is C21H15ClN6O2S. The van der Waals surface area contributed by atoms with Crippen LogP contribution in [0.25, 0.3) is 21.3 Å². The lowest BCUT2D eigenvalue weighted by molar-refractivity contribution is 0.256. The highest BCUT2D eigenvalue weighted by Crippen LogP contribution is 2.37. The number of aromatic nitrogens is 4. The number of hydrogen-bond donors (Lipinski definition) is 1. The fourth-order valence-corrected chi connectivity index (χ4v) is 4.34. The molecule has 3 aromatic heterocycles. The monoisotopic (exact) mass is 450 g/mol. The van der Waals surface area contributed by atoms with E-state index in [4.69, 9.17) is 22.1 Å². The number of benzene rings is 2. The van der Waals surface area contributed by atoms with Gasteiger partial charge in [0.15, 0.2) is 0 Å². The fraction of sp³-hybridized carbons (Fsp3) is 0.0476. The van der Waals surface area contributed by atoms with Crippen LogP contribution >= 0.6 is 22.9 Å². The van der Waals surface area contributed by atoms with Crippen LogP contribution in [0.5, 0.6) is 11.6 Å². The number of fused-ring (bicyclic) bond motifs is 2. The molecule has 31 heavy (non-hydrogen) atoms. The molecule has 0 aliphatic carbocycles. The molecule has 0 spiro atoms. The number of thiazole rings is 1. The van der Waals surface area contributed by atoms with Gasteiger partial charge in [-0.25, -0.2) is 14.8 Å². The first kappa shape index (κ1) is 19.3. The normalized spacial score (nSPS) is 11.2. The van der Waals surface area contributed by atoms with E-state index in [2.05, 4.69) is 15.0 Å². The molecule has 5 aromatic rings. The largest absolute Gasteiger partial charge is 0.437 e. The molecule has 5 rings (SSSR count). The van der Waals surface area contributed by atoms with Gasteiger partial charge in [-0.3, -0.25) is 4.90 Å². The van der Waals surface area contributed by atoms with Crippen LogP contribution in [0.1, 0.15) is 0 Å². The van der Waals surface area contributed by atoms with Crippen molar-refractivity contribution in [2.24, 2.45) is 12.8 Å². The Morgan fingerprint density at radius 3 is 2.81 bits per heavy atom. The van der Waals surface area contributed by atoms with E-state index in [0.29, 0.717) is 28.0 Å². The zero-order valence-electron chi connectivity index (χ0n) is 16.2. The van der Waals surface area contributed by atoms with E-state index >= 15 is 0 Å². The summed E-state index contributed by atoms with van der Waals surface area (Å²) in [6, 6.07) is 11.7. The van der Waals surface area contributed by atoms with E-state index in [0.717, 1.165) is 21.3 Å². The molecule has 2 aromatic carbocycles. The molecule has 0 bridgehead atoms. The average molecular weight is 451 g/mol. The summed E-state index contributed by atoms with van der Waals surface area (Å²) < 4.78 is 8.78. The quantitative estimate of drug-likeness (QED) is 0.403. The predicted octanol–water partition coefficient (Wildman–Crippen LogP) is 5.24. The van der Waals surface area contributed by atoms with Crippen molar-refractivity contribution in [3.63, 3.8) is 0 Å². The number of hydrogen-bond acceptors (Lipinski definition) is 6. The number of halogens is 1. The number of nitrogens with zero attached hydrogens (tertiary/aromatic N) is 5. The van der Waals surface area contributed by atoms with Gasteiger partial charge in [0.1, 0.15) is 17.6 Å². The Hall–Kier alpha value is -3.69. The average Bonchev–Trinajstić information content (AvgIpc) is 3.36. The third kappa shape index (κ3) is 3.43. The molecule has 0 saturated carbocycles. The molecule has 0 unspecified atom stereocenters. The summed E-state index contributed by atoms with van der Waals surface area (Å²) in [4.78, 5) is 26.4. The third-order valence-corrected chi connectivity index (χ3v) is 5.89. The summed E-state index contributed by atoms with van der Waals surface area (Å²) >= 11 is 8.01. The van der Waals surface area contributed by atoms with Gasteiger partial charge in [-0.05, 0) is 36.4 Å². The minimum absolute atomic E-state index is 0.304. The van der Waals surface area contributed by atoms with Gasteiger partial charge >= 0.3 is 6.03 Å². The summed E-state index contributed by atoms with van der Waals surface area (Å²) in [6.45, 7) is 0. The zero-order chi connectivity index (χ0) is 21.5. The topological polar surface area (TPSA) is 99.2 Å². The van der Waals surface area contributed by atoms with Crippen LogP contribution in [-0.2, 0) is 7.05 Å². The molecule has 0 saturated heterocycles. The Morgan fingerprint density at radius 2 is 2.00 bits per heavy atom. The van der Waals surface area contributed by atoms with Crippen molar-refractivity contribution in [2.75, 3.05) is 4.90 Å². The Morgan fingerprint density at radius 1 is 1.13 bits per heavy atom. The number of urea groups is 1. The second-order valence-corrected chi connectivity index (χ2v) is 8.03. The van der Waals surface area contributed by atoms with Gasteiger partial charge in [0, 0.05) is 19.3 Å². The predicted molar refractivity (Wildman–Crippen MR) is 121 cm³/mol. The second-order valence-electron chi connectivity index (χ2n) is 6.73. The minimum atomic E-state index is -0.652. The van der Waals surface area contributed by atoms with Crippen LogP contribution in [0.3, 0.4) is 0 Å². The van der Waals surface area contributed by atoms with Crippen molar-refractivity contribution in [1.82, 2.24) is 19.5 Å². The summed E-state index contributed by atoms with van der Waals surface area (Å²) in [5, 5.41) is 0.304. The van der Waals surface area contributed by atoms with Gasteiger partial charge in [0.2, 0.25) is 5.88 Å². The standard InChI is InChI=1S/C21H15ClN6O2S/c1-27-7-6-16-19(27)20(25-10-24-16)30-13-3-5-17(14(22)9-13)28(21(23)29)12-2-4-15-18(8-12)31-11-26-15/h2-11H,1H3,(H2,23,29). The molecule has 0 atom stereocenters. The molecule has 3 heterocycles. The van der Waals surface area contributed by atoms with E-state index in [1.807, 2.05) is 36.0 Å². The first-order valence-corrected chi connectivity index (χ1v) is 10.4. The minimum Gasteiger partial charge on any atom is -0.437 e. The maximum atomic E-state index is 12.3. The number of nitrogens with two attached hydrogens (primary N) is 1. The lowest BCUT2D eigenvalue weighted by Crippen LogP contribution is -2.31. The van der Waals surface area contributed by atoms with Gasteiger partial charge in [-0.1, -0.05) is 11.6 Å². The van der Waals surface area contributed by atoms with Gasteiger partial charge in [0.25, 0.3) is 0 Å². The SMILES string of the molecule is Cn1ccc2ncnc(Oc3ccc(N(C(N)=O)c4ccc5ncsc5c4)c(Cl)c3)c21. The Labute approximate surface area is 185 Å². The number of rotatable bonds is 4. The molecule has 10 heteroatoms. The third-order valence-electron chi connectivity index (χ3n) is 4.79. The van der Waals surface area contributed by atoms with Crippen molar-refractivity contribution < 1.29 is 9.53 Å². The lowest BCUT2D eigenvalue weighted by Gasteiger charge is -2.22. The number of amides is 2. The van der Waals surface area contributed by atoms with Crippen molar-refractivity contribution in [3.8, 4) is 11.6 Å². The molecular weight excluding hydrogens is 436 g/mol. The number of anilines is 2. The van der Waals surface area contributed by atoms with E-state index in [-0.39, 0.29) is 0 Å². The molecule has 0 radical (unpaired) electrons. The number of ether oxygens (including phenoxy) is 1. The molecule has 2 amide bonds. The number of carbonyl (C=O) groups is 1. The molecule has 0 aliphatic heterocycles. The van der Waals surface area contributed by atoms with E-state index in [1.165, 1.54) is 22.6 Å². The summed E-state index contributed by atoms with van der Waals surface area (Å²) in [5.41, 5.74) is 10.9. The lowest BCUT2D eigenvalue weighted by atomic mass is 10.2.